The first-order valence-corrected chi connectivity index (χ1v) is 15.6. The molecule has 0 unspecified atom stereocenters. The average Bonchev–Trinajstić information content (AvgIpc) is 3.67. The summed E-state index contributed by atoms with van der Waals surface area (Å²) in [4.78, 5) is 30.2. The molecule has 2 aromatic heterocycles. The second-order valence-electron chi connectivity index (χ2n) is 11.8. The van der Waals surface area contributed by atoms with Crippen molar-refractivity contribution in [3.8, 4) is 17.3 Å². The van der Waals surface area contributed by atoms with E-state index < -0.39 is 11.9 Å². The van der Waals surface area contributed by atoms with E-state index >= 15 is 4.39 Å². The normalized spacial score (nSPS) is 18.6. The van der Waals surface area contributed by atoms with E-state index in [4.69, 9.17) is 9.72 Å². The number of β-amino-alcohol motifs (C(OH)–C–C–N with tert-alkyl or cyclic N) is 1. The second-order valence-corrected chi connectivity index (χ2v) is 12.7. The predicted octanol–water partition coefficient (Wildman–Crippen LogP) is 4.02. The molecule has 5 heterocycles. The largest absolute Gasteiger partial charge is 0.389 e. The number of aromatic nitrogens is 2. The van der Waals surface area contributed by atoms with Gasteiger partial charge in [0.05, 0.1) is 37.2 Å². The van der Waals surface area contributed by atoms with Crippen molar-refractivity contribution in [3.63, 3.8) is 0 Å². The Morgan fingerprint density at radius 3 is 2.64 bits per heavy atom. The fourth-order valence-corrected chi connectivity index (χ4v) is 7.15. The van der Waals surface area contributed by atoms with Crippen molar-refractivity contribution in [2.24, 2.45) is 0 Å². The molecular weight excluding hydrogens is 600 g/mol. The third-order valence-corrected chi connectivity index (χ3v) is 9.85. The molecule has 1 N–H and O–H groups in total. The highest BCUT2D eigenvalue weighted by atomic mass is 32.1. The molecule has 10 nitrogen and oxygen atoms in total. The molecular formula is C32H31F2N7O3S. The van der Waals surface area contributed by atoms with Crippen molar-refractivity contribution in [2.75, 3.05) is 56.1 Å². The van der Waals surface area contributed by atoms with Gasteiger partial charge in [0.15, 0.2) is 10.9 Å². The number of benzene rings is 2. The minimum atomic E-state index is -0.447. The van der Waals surface area contributed by atoms with Crippen molar-refractivity contribution >= 4 is 44.7 Å². The molecule has 0 bridgehead atoms. The zero-order valence-corrected chi connectivity index (χ0v) is 25.7. The lowest BCUT2D eigenvalue weighted by atomic mass is 10.0. The summed E-state index contributed by atoms with van der Waals surface area (Å²) in [7, 11) is 1.83. The summed E-state index contributed by atoms with van der Waals surface area (Å²) in [5.74, 6) is -0.813. The van der Waals surface area contributed by atoms with Gasteiger partial charge in [0, 0.05) is 68.0 Å². The summed E-state index contributed by atoms with van der Waals surface area (Å²) in [5, 5.41) is 20.6. The summed E-state index contributed by atoms with van der Waals surface area (Å²) < 4.78 is 35.2. The quantitative estimate of drug-likeness (QED) is 0.338. The van der Waals surface area contributed by atoms with Gasteiger partial charge in [0.2, 0.25) is 5.91 Å². The van der Waals surface area contributed by atoms with E-state index in [1.807, 2.05) is 18.0 Å². The van der Waals surface area contributed by atoms with Crippen LogP contribution in [0.5, 0.6) is 0 Å². The molecule has 232 valence electrons. The molecule has 2 fully saturated rings. The van der Waals surface area contributed by atoms with Crippen LogP contribution in [0, 0.1) is 23.0 Å². The van der Waals surface area contributed by atoms with Crippen LogP contribution in [0.4, 0.5) is 25.3 Å². The molecule has 1 atom stereocenters. The number of ether oxygens (including phenoxy) is 1. The number of carbonyl (C=O) groups is 1. The Hall–Kier alpha value is -4.22. The Morgan fingerprint density at radius 2 is 1.93 bits per heavy atom. The maximum atomic E-state index is 15.9. The topological polar surface area (TPSA) is 109 Å². The summed E-state index contributed by atoms with van der Waals surface area (Å²) in [6, 6.07) is 11.6. The number of aliphatic hydroxyl groups excluding tert-OH is 1. The number of hydrogen-bond acceptors (Lipinski definition) is 10. The Morgan fingerprint density at radius 1 is 1.16 bits per heavy atom. The molecule has 0 saturated carbocycles. The highest BCUT2D eigenvalue weighted by Crippen LogP contribution is 2.43. The molecule has 2 aromatic carbocycles. The van der Waals surface area contributed by atoms with Crippen LogP contribution in [0.1, 0.15) is 23.1 Å². The summed E-state index contributed by atoms with van der Waals surface area (Å²) in [6.07, 6.45) is -0.432. The van der Waals surface area contributed by atoms with Crippen molar-refractivity contribution in [1.82, 2.24) is 19.8 Å². The molecule has 13 heteroatoms. The monoisotopic (exact) mass is 631 g/mol. The molecule has 3 aliphatic heterocycles. The Balaban J connectivity index is 1.22. The van der Waals surface area contributed by atoms with E-state index in [1.165, 1.54) is 29.5 Å². The first kappa shape index (κ1) is 29.5. The fourth-order valence-electron chi connectivity index (χ4n) is 6.29. The average molecular weight is 632 g/mol. The maximum absolute atomic E-state index is 15.9. The SMILES string of the molecule is C[C@@H]1CN(c2cc(F)c3nc4c(c(N(C)c5nc(-c6ccc(F)cc6)c(C#N)s5)c3c2)COC4)CCN1CC(=O)N1CC(O)C1. The van der Waals surface area contributed by atoms with Crippen LogP contribution in [0.25, 0.3) is 22.2 Å². The van der Waals surface area contributed by atoms with Crippen LogP contribution in [-0.4, -0.2) is 89.2 Å². The minimum absolute atomic E-state index is 0.0107. The number of nitrogens with zero attached hydrogens (tertiary/aromatic N) is 7. The van der Waals surface area contributed by atoms with Crippen molar-refractivity contribution in [1.29, 1.82) is 5.26 Å². The maximum Gasteiger partial charge on any atom is 0.236 e. The zero-order chi connectivity index (χ0) is 31.4. The smallest absolute Gasteiger partial charge is 0.236 e. The number of halogens is 2. The standard InChI is InChI=1S/C32H31F2N7O3S/c1-18-12-40(8-7-39(18)15-28(43)41-13-22(42)14-41)21-9-23-30(25(34)10-21)36-26-17-44-16-24(26)31(23)38(2)32-37-29(27(11-35)45-32)19-3-5-20(33)6-4-19/h3-6,9-10,18,22,42H,7-8,12-17H2,1-2H3/t18-/m1/s1. The number of carbonyl (C=O) groups excluding carboxylic acids is 1. The number of rotatable bonds is 6. The van der Waals surface area contributed by atoms with Gasteiger partial charge in [-0.25, -0.2) is 18.7 Å². The lowest BCUT2D eigenvalue weighted by Crippen LogP contribution is -2.59. The molecule has 0 spiro atoms. The second kappa shape index (κ2) is 11.6. The van der Waals surface area contributed by atoms with Crippen molar-refractivity contribution < 1.29 is 23.4 Å². The van der Waals surface area contributed by atoms with E-state index in [2.05, 4.69) is 27.8 Å². The number of fused-ring (bicyclic) bond motifs is 2. The number of hydrogen-bond donors (Lipinski definition) is 1. The number of likely N-dealkylation sites (tertiary alicyclic amines) is 1. The van der Waals surface area contributed by atoms with Crippen LogP contribution in [0.2, 0.25) is 0 Å². The van der Waals surface area contributed by atoms with Gasteiger partial charge in [-0.15, -0.1) is 0 Å². The first-order valence-electron chi connectivity index (χ1n) is 14.8. The lowest BCUT2D eigenvalue weighted by Gasteiger charge is -2.43. The van der Waals surface area contributed by atoms with Gasteiger partial charge in [0.1, 0.15) is 28.0 Å². The van der Waals surface area contributed by atoms with Crippen LogP contribution in [0.15, 0.2) is 36.4 Å². The van der Waals surface area contributed by atoms with Crippen LogP contribution in [-0.2, 0) is 22.7 Å². The van der Waals surface area contributed by atoms with Crippen LogP contribution < -0.4 is 9.80 Å². The van der Waals surface area contributed by atoms with E-state index in [9.17, 15) is 19.6 Å². The number of piperazine rings is 1. The van der Waals surface area contributed by atoms with E-state index in [0.717, 1.165) is 5.56 Å². The van der Waals surface area contributed by atoms with Gasteiger partial charge >= 0.3 is 0 Å². The number of amides is 1. The first-order chi connectivity index (χ1) is 21.7. The van der Waals surface area contributed by atoms with E-state index in [-0.39, 0.29) is 36.4 Å². The van der Waals surface area contributed by atoms with Crippen molar-refractivity contribution in [3.05, 3.63) is 64.2 Å². The molecule has 2 saturated heterocycles. The Labute approximate surface area is 262 Å². The molecule has 45 heavy (non-hydrogen) atoms. The predicted molar refractivity (Wildman–Crippen MR) is 166 cm³/mol. The van der Waals surface area contributed by atoms with Crippen LogP contribution >= 0.6 is 11.3 Å². The third kappa shape index (κ3) is 5.37. The number of nitriles is 1. The lowest BCUT2D eigenvalue weighted by molar-refractivity contribution is -0.143. The van der Waals surface area contributed by atoms with E-state index in [0.29, 0.717) is 83.1 Å². The molecule has 0 aliphatic carbocycles. The van der Waals surface area contributed by atoms with E-state index in [1.54, 1.807) is 17.0 Å². The highest BCUT2D eigenvalue weighted by Gasteiger charge is 2.33. The Kier molecular flexibility index (Phi) is 7.61. The molecule has 7 rings (SSSR count). The Bertz CT molecular complexity index is 1840. The number of aliphatic hydroxyl groups is 1. The molecule has 1 amide bonds. The van der Waals surface area contributed by atoms with Gasteiger partial charge in [-0.1, -0.05) is 11.3 Å². The molecule has 3 aliphatic rings. The number of anilines is 3. The summed E-state index contributed by atoms with van der Waals surface area (Å²) in [5.41, 5.74) is 4.24. The van der Waals surface area contributed by atoms with Gasteiger partial charge in [0.25, 0.3) is 0 Å². The number of pyridine rings is 1. The van der Waals surface area contributed by atoms with Gasteiger partial charge in [-0.05, 0) is 43.3 Å². The summed E-state index contributed by atoms with van der Waals surface area (Å²) >= 11 is 1.21. The summed E-state index contributed by atoms with van der Waals surface area (Å²) in [6.45, 7) is 5.54. The minimum Gasteiger partial charge on any atom is -0.389 e. The highest BCUT2D eigenvalue weighted by molar-refractivity contribution is 7.16. The van der Waals surface area contributed by atoms with Crippen molar-refractivity contribution in [2.45, 2.75) is 32.3 Å². The van der Waals surface area contributed by atoms with Crippen LogP contribution in [0.3, 0.4) is 0 Å². The fraction of sp³-hybridized carbons (Fsp3) is 0.375. The van der Waals surface area contributed by atoms with Gasteiger partial charge in [-0.3, -0.25) is 9.69 Å². The number of thiazole rings is 1. The molecule has 4 aromatic rings. The zero-order valence-electron chi connectivity index (χ0n) is 24.8. The van der Waals surface area contributed by atoms with Gasteiger partial charge < -0.3 is 24.5 Å². The van der Waals surface area contributed by atoms with Gasteiger partial charge in [-0.2, -0.15) is 5.26 Å². The molecule has 0 radical (unpaired) electrons. The third-order valence-electron chi connectivity index (χ3n) is 8.81.